The number of benzene rings is 1. The van der Waals surface area contributed by atoms with Crippen LogP contribution in [0.4, 0.5) is 10.5 Å². The molecule has 1 aromatic carbocycles. The number of nitrogens with one attached hydrogen (secondary N) is 2. The Kier molecular flexibility index (Phi) is 5.06. The first-order valence-corrected chi connectivity index (χ1v) is 8.69. The summed E-state index contributed by atoms with van der Waals surface area (Å²) in [4.78, 5) is 14.3. The standard InChI is InChI=1S/C18H27N3O2/c22-17(20-14-18(23)9-4-5-10-18)19-12-15-8-11-21(13-15)16-6-2-1-3-7-16/h1-3,6-7,15,23H,4-5,8-14H2,(H2,19,20,22). The lowest BCUT2D eigenvalue weighted by Gasteiger charge is -2.23. The van der Waals surface area contributed by atoms with Gasteiger partial charge in [0, 0.05) is 31.9 Å². The maximum absolute atomic E-state index is 11.9. The van der Waals surface area contributed by atoms with E-state index < -0.39 is 5.60 Å². The summed E-state index contributed by atoms with van der Waals surface area (Å²) in [6.07, 6.45) is 4.79. The maximum atomic E-state index is 11.9. The minimum Gasteiger partial charge on any atom is -0.388 e. The molecule has 5 heteroatoms. The van der Waals surface area contributed by atoms with Gasteiger partial charge in [-0.1, -0.05) is 31.0 Å². The van der Waals surface area contributed by atoms with Crippen LogP contribution in [0.5, 0.6) is 0 Å². The van der Waals surface area contributed by atoms with Crippen molar-refractivity contribution in [1.29, 1.82) is 0 Å². The van der Waals surface area contributed by atoms with Crippen molar-refractivity contribution in [1.82, 2.24) is 10.6 Å². The predicted molar refractivity (Wildman–Crippen MR) is 91.6 cm³/mol. The smallest absolute Gasteiger partial charge is 0.314 e. The zero-order valence-electron chi connectivity index (χ0n) is 13.6. The summed E-state index contributed by atoms with van der Waals surface area (Å²) in [5.74, 6) is 0.482. The second kappa shape index (κ2) is 7.21. The second-order valence-corrected chi connectivity index (χ2v) is 6.93. The molecule has 23 heavy (non-hydrogen) atoms. The molecule has 2 fully saturated rings. The topological polar surface area (TPSA) is 64.6 Å². The van der Waals surface area contributed by atoms with Crippen molar-refractivity contribution in [2.45, 2.75) is 37.7 Å². The maximum Gasteiger partial charge on any atom is 0.314 e. The normalized spacial score (nSPS) is 23.0. The van der Waals surface area contributed by atoms with Gasteiger partial charge < -0.3 is 20.6 Å². The van der Waals surface area contributed by atoms with E-state index in [-0.39, 0.29) is 6.03 Å². The first-order chi connectivity index (χ1) is 11.1. The van der Waals surface area contributed by atoms with Gasteiger partial charge in [-0.25, -0.2) is 4.79 Å². The third-order valence-corrected chi connectivity index (χ3v) is 5.07. The van der Waals surface area contributed by atoms with Gasteiger partial charge in [-0.05, 0) is 37.3 Å². The molecular formula is C18H27N3O2. The first kappa shape index (κ1) is 16.1. The van der Waals surface area contributed by atoms with Crippen LogP contribution in [-0.4, -0.2) is 42.9 Å². The SMILES string of the molecule is O=C(NCC1CCN(c2ccccc2)C1)NCC1(O)CCCC1. The fourth-order valence-electron chi connectivity index (χ4n) is 3.63. The number of nitrogens with zero attached hydrogens (tertiary/aromatic N) is 1. The summed E-state index contributed by atoms with van der Waals surface area (Å²) in [6.45, 7) is 3.07. The summed E-state index contributed by atoms with van der Waals surface area (Å²) in [6, 6.07) is 10.2. The van der Waals surface area contributed by atoms with Gasteiger partial charge in [-0.2, -0.15) is 0 Å². The van der Waals surface area contributed by atoms with Crippen molar-refractivity contribution in [3.05, 3.63) is 30.3 Å². The molecule has 5 nitrogen and oxygen atoms in total. The average Bonchev–Trinajstić information content (AvgIpc) is 3.22. The molecule has 1 aliphatic heterocycles. The van der Waals surface area contributed by atoms with Crippen molar-refractivity contribution >= 4 is 11.7 Å². The zero-order valence-corrected chi connectivity index (χ0v) is 13.6. The van der Waals surface area contributed by atoms with Gasteiger partial charge >= 0.3 is 6.03 Å². The molecule has 3 rings (SSSR count). The number of hydrogen-bond acceptors (Lipinski definition) is 3. The van der Waals surface area contributed by atoms with E-state index in [2.05, 4.69) is 39.8 Å². The van der Waals surface area contributed by atoms with E-state index in [1.165, 1.54) is 5.69 Å². The molecule has 0 bridgehead atoms. The van der Waals surface area contributed by atoms with Crippen molar-refractivity contribution in [3.63, 3.8) is 0 Å². The fourth-order valence-corrected chi connectivity index (χ4v) is 3.63. The molecule has 1 unspecified atom stereocenters. The van der Waals surface area contributed by atoms with E-state index in [1.54, 1.807) is 0 Å². The van der Waals surface area contributed by atoms with Gasteiger partial charge in [0.25, 0.3) is 0 Å². The molecule has 3 N–H and O–H groups in total. The van der Waals surface area contributed by atoms with Crippen LogP contribution >= 0.6 is 0 Å². The molecule has 2 aliphatic rings. The van der Waals surface area contributed by atoms with Crippen LogP contribution in [0, 0.1) is 5.92 Å². The molecule has 1 aliphatic carbocycles. The summed E-state index contributed by atoms with van der Waals surface area (Å²) in [5.41, 5.74) is 0.567. The van der Waals surface area contributed by atoms with Gasteiger partial charge in [0.1, 0.15) is 0 Å². The first-order valence-electron chi connectivity index (χ1n) is 8.69. The van der Waals surface area contributed by atoms with Crippen molar-refractivity contribution in [3.8, 4) is 0 Å². The Morgan fingerprint density at radius 3 is 2.70 bits per heavy atom. The largest absolute Gasteiger partial charge is 0.388 e. The number of urea groups is 1. The van der Waals surface area contributed by atoms with E-state index in [9.17, 15) is 9.90 Å². The molecule has 0 spiro atoms. The van der Waals surface area contributed by atoms with E-state index in [4.69, 9.17) is 0 Å². The zero-order chi connectivity index (χ0) is 16.1. The second-order valence-electron chi connectivity index (χ2n) is 6.93. The van der Waals surface area contributed by atoms with Gasteiger partial charge in [0.05, 0.1) is 5.60 Å². The van der Waals surface area contributed by atoms with Gasteiger partial charge in [0.15, 0.2) is 0 Å². The van der Waals surface area contributed by atoms with E-state index in [0.29, 0.717) is 19.0 Å². The number of carbonyl (C=O) groups excluding carboxylic acids is 1. The molecular weight excluding hydrogens is 290 g/mol. The Morgan fingerprint density at radius 1 is 1.22 bits per heavy atom. The Hall–Kier alpha value is -1.75. The van der Waals surface area contributed by atoms with Crippen LogP contribution in [0.1, 0.15) is 32.1 Å². The summed E-state index contributed by atoms with van der Waals surface area (Å²) in [5, 5.41) is 16.0. The van der Waals surface area contributed by atoms with Crippen LogP contribution in [-0.2, 0) is 0 Å². The van der Waals surface area contributed by atoms with E-state index in [0.717, 1.165) is 45.2 Å². The molecule has 1 saturated heterocycles. The number of aliphatic hydroxyl groups is 1. The fraction of sp³-hybridized carbons (Fsp3) is 0.611. The van der Waals surface area contributed by atoms with E-state index in [1.807, 2.05) is 6.07 Å². The Bertz CT molecular complexity index is 514. The van der Waals surface area contributed by atoms with Crippen LogP contribution in [0.2, 0.25) is 0 Å². The lowest BCUT2D eigenvalue weighted by atomic mass is 10.0. The predicted octanol–water partition coefficient (Wildman–Crippen LogP) is 2.12. The lowest BCUT2D eigenvalue weighted by Crippen LogP contribution is -2.46. The van der Waals surface area contributed by atoms with Gasteiger partial charge in [0.2, 0.25) is 0 Å². The Balaban J connectivity index is 1.37. The number of carbonyl (C=O) groups is 1. The minimum atomic E-state index is -0.686. The highest BCUT2D eigenvalue weighted by atomic mass is 16.3. The Labute approximate surface area is 138 Å². The molecule has 1 saturated carbocycles. The van der Waals surface area contributed by atoms with Gasteiger partial charge in [-0.3, -0.25) is 0 Å². The monoisotopic (exact) mass is 317 g/mol. The molecule has 0 radical (unpaired) electrons. The molecule has 0 aromatic heterocycles. The van der Waals surface area contributed by atoms with Crippen LogP contribution in [0.3, 0.4) is 0 Å². The number of anilines is 1. The molecule has 1 heterocycles. The summed E-state index contributed by atoms with van der Waals surface area (Å²) in [7, 11) is 0. The highest BCUT2D eigenvalue weighted by Crippen LogP contribution is 2.28. The Morgan fingerprint density at radius 2 is 1.96 bits per heavy atom. The van der Waals surface area contributed by atoms with Gasteiger partial charge in [-0.15, -0.1) is 0 Å². The van der Waals surface area contributed by atoms with Crippen LogP contribution in [0.15, 0.2) is 30.3 Å². The molecule has 1 aromatic rings. The highest BCUT2D eigenvalue weighted by molar-refractivity contribution is 5.73. The lowest BCUT2D eigenvalue weighted by molar-refractivity contribution is 0.0501. The third-order valence-electron chi connectivity index (χ3n) is 5.07. The van der Waals surface area contributed by atoms with Crippen LogP contribution in [0.25, 0.3) is 0 Å². The molecule has 1 atom stereocenters. The number of amides is 2. The quantitative estimate of drug-likeness (QED) is 0.779. The van der Waals surface area contributed by atoms with Crippen molar-refractivity contribution in [2.75, 3.05) is 31.1 Å². The number of hydrogen-bond donors (Lipinski definition) is 3. The number of rotatable bonds is 5. The van der Waals surface area contributed by atoms with Crippen molar-refractivity contribution < 1.29 is 9.90 Å². The summed E-state index contributed by atoms with van der Waals surface area (Å²) < 4.78 is 0. The molecule has 2 amide bonds. The molecule has 126 valence electrons. The number of para-hydroxylation sites is 1. The minimum absolute atomic E-state index is 0.163. The van der Waals surface area contributed by atoms with Crippen LogP contribution < -0.4 is 15.5 Å². The highest BCUT2D eigenvalue weighted by Gasteiger charge is 2.31. The third kappa shape index (κ3) is 4.38. The summed E-state index contributed by atoms with van der Waals surface area (Å²) >= 11 is 0. The van der Waals surface area contributed by atoms with E-state index >= 15 is 0 Å². The average molecular weight is 317 g/mol. The van der Waals surface area contributed by atoms with Crippen molar-refractivity contribution in [2.24, 2.45) is 5.92 Å².